The highest BCUT2D eigenvalue weighted by atomic mass is 35.5. The smallest absolute Gasteiger partial charge is 0.242 e. The summed E-state index contributed by atoms with van der Waals surface area (Å²) in [6.45, 7) is 5.81. The normalized spacial score (nSPS) is 12.6. The zero-order chi connectivity index (χ0) is 24.6. The Morgan fingerprint density at radius 1 is 1.03 bits per heavy atom. The zero-order valence-corrected chi connectivity index (χ0v) is 21.1. The number of amides is 2. The third kappa shape index (κ3) is 7.84. The fourth-order valence-electron chi connectivity index (χ4n) is 3.31. The third-order valence-corrected chi connectivity index (χ3v) is 7.26. The van der Waals surface area contributed by atoms with Gasteiger partial charge in [-0.05, 0) is 57.0 Å². The summed E-state index contributed by atoms with van der Waals surface area (Å²) in [6, 6.07) is 14.6. The molecule has 9 heteroatoms. The van der Waals surface area contributed by atoms with Crippen LogP contribution in [0.2, 0.25) is 5.02 Å². The molecule has 2 aromatic carbocycles. The van der Waals surface area contributed by atoms with E-state index in [1.807, 2.05) is 19.9 Å². The highest BCUT2D eigenvalue weighted by Crippen LogP contribution is 2.17. The van der Waals surface area contributed by atoms with Crippen molar-refractivity contribution in [2.45, 2.75) is 57.1 Å². The van der Waals surface area contributed by atoms with Gasteiger partial charge in [0.25, 0.3) is 0 Å². The first-order valence-electron chi connectivity index (χ1n) is 10.9. The molecule has 0 unspecified atom stereocenters. The fourth-order valence-corrected chi connectivity index (χ4v) is 4.75. The van der Waals surface area contributed by atoms with Gasteiger partial charge >= 0.3 is 0 Å². The molecule has 1 atom stereocenters. The minimum absolute atomic E-state index is 0.0556. The molecule has 2 rings (SSSR count). The predicted molar refractivity (Wildman–Crippen MR) is 130 cm³/mol. The van der Waals surface area contributed by atoms with Crippen molar-refractivity contribution in [1.29, 1.82) is 0 Å². The molecular weight excluding hydrogens is 462 g/mol. The van der Waals surface area contributed by atoms with Gasteiger partial charge in [-0.15, -0.1) is 0 Å². The Balaban J connectivity index is 2.08. The van der Waals surface area contributed by atoms with E-state index in [9.17, 15) is 18.0 Å². The Hall–Kier alpha value is -2.42. The summed E-state index contributed by atoms with van der Waals surface area (Å²) in [4.78, 5) is 27.4. The summed E-state index contributed by atoms with van der Waals surface area (Å²) in [5.41, 5.74) is 0.809. The van der Waals surface area contributed by atoms with Gasteiger partial charge in [0.15, 0.2) is 0 Å². The van der Waals surface area contributed by atoms with Gasteiger partial charge in [0.05, 0.1) is 4.90 Å². The van der Waals surface area contributed by atoms with Gasteiger partial charge in [-0.25, -0.2) is 12.7 Å². The van der Waals surface area contributed by atoms with Crippen LogP contribution in [-0.4, -0.2) is 55.1 Å². The maximum atomic E-state index is 13.1. The highest BCUT2D eigenvalue weighted by Gasteiger charge is 2.27. The Labute approximate surface area is 201 Å². The number of rotatable bonds is 11. The lowest BCUT2D eigenvalue weighted by molar-refractivity contribution is -0.140. The molecule has 0 saturated heterocycles. The van der Waals surface area contributed by atoms with Crippen LogP contribution >= 0.6 is 11.6 Å². The van der Waals surface area contributed by atoms with Crippen LogP contribution in [0.3, 0.4) is 0 Å². The molecule has 0 spiro atoms. The standard InChI is InChI=1S/C24H32ClN3O4S/c1-18(2)26-24(30)19(3)28(17-20-10-8-11-21(25)16-20)23(29)14-9-15-27(4)33(31,32)22-12-6-5-7-13-22/h5-8,10-13,16,18-19H,9,14-15,17H2,1-4H3,(H,26,30)/t19-/m1/s1. The molecule has 1 N–H and O–H groups in total. The van der Waals surface area contributed by atoms with Gasteiger partial charge in [-0.3, -0.25) is 9.59 Å². The van der Waals surface area contributed by atoms with Gasteiger partial charge in [-0.1, -0.05) is 41.9 Å². The predicted octanol–water partition coefficient (Wildman–Crippen LogP) is 3.68. The van der Waals surface area contributed by atoms with Gasteiger partial charge in [-0.2, -0.15) is 0 Å². The molecule has 0 radical (unpaired) electrons. The molecule has 0 fully saturated rings. The number of carbonyl (C=O) groups excluding carboxylic acids is 2. The van der Waals surface area contributed by atoms with Gasteiger partial charge < -0.3 is 10.2 Å². The number of hydrogen-bond acceptors (Lipinski definition) is 4. The molecule has 7 nitrogen and oxygen atoms in total. The minimum atomic E-state index is -3.62. The molecule has 0 aromatic heterocycles. The third-order valence-electron chi connectivity index (χ3n) is 5.16. The Kier molecular flexibility index (Phi) is 9.88. The van der Waals surface area contributed by atoms with Gasteiger partial charge in [0.2, 0.25) is 21.8 Å². The molecular formula is C24H32ClN3O4S. The van der Waals surface area contributed by atoms with Gasteiger partial charge in [0.1, 0.15) is 6.04 Å². The summed E-state index contributed by atoms with van der Waals surface area (Å²) in [6.07, 6.45) is 0.431. The molecule has 0 aliphatic rings. The minimum Gasteiger partial charge on any atom is -0.352 e. The van der Waals surface area contributed by atoms with E-state index in [2.05, 4.69) is 5.32 Å². The van der Waals surface area contributed by atoms with Crippen LogP contribution in [0.4, 0.5) is 0 Å². The van der Waals surface area contributed by atoms with Gasteiger partial charge in [0, 0.05) is 37.6 Å². The molecule has 0 aliphatic heterocycles. The maximum Gasteiger partial charge on any atom is 0.242 e. The maximum absolute atomic E-state index is 13.1. The lowest BCUT2D eigenvalue weighted by Gasteiger charge is -2.29. The molecule has 0 saturated carbocycles. The molecule has 33 heavy (non-hydrogen) atoms. The number of nitrogens with zero attached hydrogens (tertiary/aromatic N) is 2. The summed E-state index contributed by atoms with van der Waals surface area (Å²) in [5, 5.41) is 3.39. The lowest BCUT2D eigenvalue weighted by Crippen LogP contribution is -2.49. The average molecular weight is 494 g/mol. The topological polar surface area (TPSA) is 86.8 Å². The number of nitrogens with one attached hydrogen (secondary N) is 1. The van der Waals surface area contributed by atoms with Crippen LogP contribution in [0.25, 0.3) is 0 Å². The van der Waals surface area contributed by atoms with Crippen molar-refractivity contribution in [3.8, 4) is 0 Å². The first-order chi connectivity index (χ1) is 15.5. The highest BCUT2D eigenvalue weighted by molar-refractivity contribution is 7.89. The number of benzene rings is 2. The molecule has 180 valence electrons. The van der Waals surface area contributed by atoms with Crippen LogP contribution in [0.1, 0.15) is 39.2 Å². The van der Waals surface area contributed by atoms with E-state index in [-0.39, 0.29) is 42.3 Å². The van der Waals surface area contributed by atoms with Crippen molar-refractivity contribution in [2.75, 3.05) is 13.6 Å². The second kappa shape index (κ2) is 12.2. The molecule has 0 heterocycles. The van der Waals surface area contributed by atoms with Crippen molar-refractivity contribution < 1.29 is 18.0 Å². The largest absolute Gasteiger partial charge is 0.352 e. The molecule has 0 aliphatic carbocycles. The van der Waals surface area contributed by atoms with Crippen LogP contribution in [0, 0.1) is 0 Å². The Bertz CT molecular complexity index is 1040. The van der Waals surface area contributed by atoms with Crippen LogP contribution in [-0.2, 0) is 26.2 Å². The molecule has 2 aromatic rings. The van der Waals surface area contributed by atoms with Crippen LogP contribution < -0.4 is 5.32 Å². The van der Waals surface area contributed by atoms with Crippen molar-refractivity contribution in [3.63, 3.8) is 0 Å². The summed E-state index contributed by atoms with van der Waals surface area (Å²) < 4.78 is 26.6. The van der Waals surface area contributed by atoms with E-state index in [1.165, 1.54) is 16.3 Å². The van der Waals surface area contributed by atoms with Crippen LogP contribution in [0.5, 0.6) is 0 Å². The van der Waals surface area contributed by atoms with Crippen molar-refractivity contribution in [3.05, 3.63) is 65.2 Å². The number of carbonyl (C=O) groups is 2. The molecule has 2 amide bonds. The summed E-state index contributed by atoms with van der Waals surface area (Å²) in [5.74, 6) is -0.476. The average Bonchev–Trinajstić information content (AvgIpc) is 2.77. The van der Waals surface area contributed by atoms with Crippen molar-refractivity contribution in [2.24, 2.45) is 0 Å². The first kappa shape index (κ1) is 26.8. The lowest BCUT2D eigenvalue weighted by atomic mass is 10.1. The number of halogens is 1. The van der Waals surface area contributed by atoms with E-state index < -0.39 is 16.1 Å². The SMILES string of the molecule is CC(C)NC(=O)[C@@H](C)N(Cc1cccc(Cl)c1)C(=O)CCCN(C)S(=O)(=O)c1ccccc1. The second-order valence-electron chi connectivity index (χ2n) is 8.23. The monoisotopic (exact) mass is 493 g/mol. The second-order valence-corrected chi connectivity index (χ2v) is 10.7. The van der Waals surface area contributed by atoms with Crippen molar-refractivity contribution in [1.82, 2.24) is 14.5 Å². The summed E-state index contributed by atoms with van der Waals surface area (Å²) >= 11 is 6.09. The Morgan fingerprint density at radius 3 is 2.30 bits per heavy atom. The summed E-state index contributed by atoms with van der Waals surface area (Å²) in [7, 11) is -2.13. The van der Waals surface area contributed by atoms with E-state index >= 15 is 0 Å². The zero-order valence-electron chi connectivity index (χ0n) is 19.5. The van der Waals surface area contributed by atoms with Crippen LogP contribution in [0.15, 0.2) is 59.5 Å². The first-order valence-corrected chi connectivity index (χ1v) is 12.7. The van der Waals surface area contributed by atoms with E-state index in [1.54, 1.807) is 55.5 Å². The number of hydrogen-bond donors (Lipinski definition) is 1. The number of sulfonamides is 1. The Morgan fingerprint density at radius 2 is 1.70 bits per heavy atom. The van der Waals surface area contributed by atoms with E-state index in [4.69, 9.17) is 11.6 Å². The molecule has 0 bridgehead atoms. The van der Waals surface area contributed by atoms with E-state index in [0.29, 0.717) is 11.4 Å². The fraction of sp³-hybridized carbons (Fsp3) is 0.417. The van der Waals surface area contributed by atoms with E-state index in [0.717, 1.165) is 5.56 Å². The van der Waals surface area contributed by atoms with Crippen molar-refractivity contribution >= 4 is 33.4 Å². The quantitative estimate of drug-likeness (QED) is 0.517.